The lowest BCUT2D eigenvalue weighted by Gasteiger charge is -2.12. The number of nitriles is 1. The van der Waals surface area contributed by atoms with Gasteiger partial charge >= 0.3 is 0 Å². The van der Waals surface area contributed by atoms with E-state index in [9.17, 15) is 14.0 Å². The third-order valence-electron chi connectivity index (χ3n) is 3.81. The molecule has 0 fully saturated rings. The molecule has 2 nitrogen and oxygen atoms in total. The zero-order chi connectivity index (χ0) is 16.6. The summed E-state index contributed by atoms with van der Waals surface area (Å²) < 4.78 is 33.0. The molecule has 0 aliphatic carbocycles. The first-order valence-corrected chi connectivity index (χ1v) is 8.08. The van der Waals surface area contributed by atoms with E-state index in [1.54, 1.807) is 6.92 Å². The number of alkyl halides is 1. The van der Waals surface area contributed by atoms with Gasteiger partial charge in [0.2, 0.25) is 0 Å². The molecule has 0 bridgehead atoms. The third-order valence-corrected chi connectivity index (χ3v) is 4.46. The van der Waals surface area contributed by atoms with Gasteiger partial charge in [0.05, 0.1) is 6.07 Å². The van der Waals surface area contributed by atoms with E-state index in [1.165, 1.54) is 0 Å². The molecule has 0 atom stereocenters. The van der Waals surface area contributed by atoms with Crippen molar-refractivity contribution in [3.63, 3.8) is 0 Å². The summed E-state index contributed by atoms with van der Waals surface area (Å²) in [5.41, 5.74) is 4.14. The Hall–Kier alpha value is -2.19. The second kappa shape index (κ2) is 6.13. The first-order chi connectivity index (χ1) is 11.0. The fourth-order valence-corrected chi connectivity index (χ4v) is 3.05. The Kier molecular flexibility index (Phi) is 4.18. The average Bonchev–Trinajstić information content (AvgIpc) is 2.71. The largest absolute Gasteiger partial charge is 0.488 e. The molecule has 0 unspecified atom stereocenters. The predicted molar refractivity (Wildman–Crippen MR) is 87.1 cm³/mol. The van der Waals surface area contributed by atoms with Crippen LogP contribution in [0.2, 0.25) is 0 Å². The highest BCUT2D eigenvalue weighted by atomic mass is 79.9. The highest BCUT2D eigenvalue weighted by Crippen LogP contribution is 2.39. The van der Waals surface area contributed by atoms with Crippen molar-refractivity contribution >= 4 is 21.5 Å². The molecule has 0 radical (unpaired) electrons. The van der Waals surface area contributed by atoms with Crippen LogP contribution in [0.4, 0.5) is 8.78 Å². The number of hydrogen-bond donors (Lipinski definition) is 0. The molecular weight excluding hydrogens is 364 g/mol. The molecular formula is C18H12BrF2NO. The number of halogens is 3. The zero-order valence-electron chi connectivity index (χ0n) is 12.3. The van der Waals surface area contributed by atoms with Crippen LogP contribution in [-0.2, 0) is 11.9 Å². The smallest absolute Gasteiger partial charge is 0.162 e. The van der Waals surface area contributed by atoms with Crippen molar-refractivity contribution in [1.82, 2.24) is 0 Å². The van der Waals surface area contributed by atoms with Crippen molar-refractivity contribution in [1.29, 1.82) is 5.26 Å². The summed E-state index contributed by atoms with van der Waals surface area (Å²) in [5.74, 6) is -1.69. The van der Waals surface area contributed by atoms with Crippen LogP contribution in [0, 0.1) is 23.0 Å². The maximum Gasteiger partial charge on any atom is 0.162 e. The van der Waals surface area contributed by atoms with E-state index in [-0.39, 0.29) is 12.4 Å². The number of allylic oxidation sites excluding steroid dienone is 1. The van der Waals surface area contributed by atoms with Crippen LogP contribution in [0.3, 0.4) is 0 Å². The molecule has 1 heterocycles. The molecule has 0 amide bonds. The molecule has 0 spiro atoms. The first-order valence-electron chi connectivity index (χ1n) is 6.96. The minimum absolute atomic E-state index is 0.233. The minimum Gasteiger partial charge on any atom is -0.488 e. The number of rotatable bonds is 1. The van der Waals surface area contributed by atoms with E-state index in [2.05, 4.69) is 22.0 Å². The highest BCUT2D eigenvalue weighted by molar-refractivity contribution is 9.08. The lowest BCUT2D eigenvalue weighted by atomic mass is 9.90. The number of fused-ring (bicyclic) bond motifs is 2. The lowest BCUT2D eigenvalue weighted by molar-refractivity contribution is 0.304. The highest BCUT2D eigenvalue weighted by Gasteiger charge is 2.23. The molecule has 0 aromatic heterocycles. The van der Waals surface area contributed by atoms with Crippen molar-refractivity contribution in [2.45, 2.75) is 18.9 Å². The van der Waals surface area contributed by atoms with E-state index in [4.69, 9.17) is 4.74 Å². The van der Waals surface area contributed by atoms with Crippen LogP contribution in [0.25, 0.3) is 5.57 Å². The van der Waals surface area contributed by atoms with E-state index >= 15 is 0 Å². The zero-order valence-corrected chi connectivity index (χ0v) is 13.9. The molecule has 1 aliphatic heterocycles. The quantitative estimate of drug-likeness (QED) is 0.513. The van der Waals surface area contributed by atoms with Gasteiger partial charge in [-0.3, -0.25) is 0 Å². The normalized spacial score (nSPS) is 14.9. The summed E-state index contributed by atoms with van der Waals surface area (Å²) in [6.07, 6.45) is 0. The number of ether oxygens (including phenoxy) is 1. The van der Waals surface area contributed by atoms with E-state index in [1.807, 2.05) is 18.2 Å². The van der Waals surface area contributed by atoms with Crippen molar-refractivity contribution in [2.75, 3.05) is 0 Å². The summed E-state index contributed by atoms with van der Waals surface area (Å²) in [4.78, 5) is 0. The van der Waals surface area contributed by atoms with Gasteiger partial charge in [0.25, 0.3) is 0 Å². The van der Waals surface area contributed by atoms with Gasteiger partial charge in [0.15, 0.2) is 11.6 Å². The van der Waals surface area contributed by atoms with Crippen LogP contribution < -0.4 is 4.74 Å². The number of hydrogen-bond acceptors (Lipinski definition) is 2. The molecule has 2 aromatic carbocycles. The third kappa shape index (κ3) is 2.75. The summed E-state index contributed by atoms with van der Waals surface area (Å²) in [6, 6.07) is 10.0. The van der Waals surface area contributed by atoms with Crippen LogP contribution in [0.1, 0.15) is 29.2 Å². The number of benzene rings is 2. The summed E-state index contributed by atoms with van der Waals surface area (Å²) in [5, 5.41) is 10.0. The Balaban J connectivity index is 2.33. The second-order valence-corrected chi connectivity index (χ2v) is 5.85. The Labute approximate surface area is 141 Å². The molecule has 23 heavy (non-hydrogen) atoms. The molecule has 5 heteroatoms. The molecule has 0 saturated carbocycles. The van der Waals surface area contributed by atoms with Crippen molar-refractivity contribution in [3.8, 4) is 11.8 Å². The van der Waals surface area contributed by atoms with Crippen LogP contribution in [-0.4, -0.2) is 0 Å². The average molecular weight is 376 g/mol. The molecule has 1 aliphatic rings. The predicted octanol–water partition coefficient (Wildman–Crippen LogP) is 5.10. The molecule has 116 valence electrons. The first kappa shape index (κ1) is 15.7. The molecule has 0 saturated heterocycles. The minimum atomic E-state index is -0.968. The van der Waals surface area contributed by atoms with Gasteiger partial charge in [0, 0.05) is 28.1 Å². The van der Waals surface area contributed by atoms with Gasteiger partial charge in [-0.2, -0.15) is 5.26 Å². The lowest BCUT2D eigenvalue weighted by Crippen LogP contribution is -1.97. The summed E-state index contributed by atoms with van der Waals surface area (Å²) >= 11 is 3.41. The standard InChI is InChI=1S/C18H12BrF2NO/c1-10(8-22)18-13-3-2-11(7-19)4-12(13)9-23-17-6-16(21)15(20)5-14(17)18/h2-6H,7,9H2,1H3/b18-10-. The van der Waals surface area contributed by atoms with Gasteiger partial charge in [-0.1, -0.05) is 34.1 Å². The van der Waals surface area contributed by atoms with Gasteiger partial charge in [0.1, 0.15) is 12.4 Å². The van der Waals surface area contributed by atoms with Crippen molar-refractivity contribution in [3.05, 3.63) is 69.8 Å². The maximum atomic E-state index is 13.7. The topological polar surface area (TPSA) is 33.0 Å². The Morgan fingerprint density at radius 3 is 2.65 bits per heavy atom. The SMILES string of the molecule is C/C(C#N)=C1\c2ccc(CBr)cc2COc2cc(F)c(F)cc21. The van der Waals surface area contributed by atoms with Gasteiger partial charge in [-0.15, -0.1) is 0 Å². The van der Waals surface area contributed by atoms with Crippen LogP contribution in [0.5, 0.6) is 5.75 Å². The summed E-state index contributed by atoms with van der Waals surface area (Å²) in [6.45, 7) is 1.89. The molecule has 3 rings (SSSR count). The fourth-order valence-electron chi connectivity index (χ4n) is 2.70. The van der Waals surface area contributed by atoms with Crippen LogP contribution in [0.15, 0.2) is 35.9 Å². The van der Waals surface area contributed by atoms with E-state index in [0.717, 1.165) is 28.8 Å². The van der Waals surface area contributed by atoms with Crippen LogP contribution >= 0.6 is 15.9 Å². The van der Waals surface area contributed by atoms with E-state index in [0.29, 0.717) is 22.0 Å². The Morgan fingerprint density at radius 1 is 1.22 bits per heavy atom. The van der Waals surface area contributed by atoms with Gasteiger partial charge < -0.3 is 4.74 Å². The monoisotopic (exact) mass is 375 g/mol. The van der Waals surface area contributed by atoms with E-state index < -0.39 is 11.6 Å². The van der Waals surface area contributed by atoms with Crippen molar-refractivity contribution in [2.24, 2.45) is 0 Å². The van der Waals surface area contributed by atoms with Crippen molar-refractivity contribution < 1.29 is 13.5 Å². The van der Waals surface area contributed by atoms with Gasteiger partial charge in [-0.05, 0) is 29.7 Å². The fraction of sp³-hybridized carbons (Fsp3) is 0.167. The second-order valence-electron chi connectivity index (χ2n) is 5.29. The number of nitrogens with zero attached hydrogens (tertiary/aromatic N) is 1. The maximum absolute atomic E-state index is 13.7. The Bertz CT molecular complexity index is 868. The summed E-state index contributed by atoms with van der Waals surface area (Å²) in [7, 11) is 0. The Morgan fingerprint density at radius 2 is 1.96 bits per heavy atom. The molecule has 2 aromatic rings. The van der Waals surface area contributed by atoms with Gasteiger partial charge in [-0.25, -0.2) is 8.78 Å². The molecule has 0 N–H and O–H groups in total.